The Balaban J connectivity index is 1.62. The molecule has 0 saturated heterocycles. The number of pyridine rings is 1. The van der Waals surface area contributed by atoms with E-state index in [1.165, 1.54) is 4.88 Å². The van der Waals surface area contributed by atoms with E-state index in [4.69, 9.17) is 4.74 Å². The van der Waals surface area contributed by atoms with Crippen LogP contribution < -0.4 is 10.1 Å². The van der Waals surface area contributed by atoms with Crippen LogP contribution in [0.3, 0.4) is 0 Å². The summed E-state index contributed by atoms with van der Waals surface area (Å²) >= 11 is 1.70. The molecule has 136 valence electrons. The highest BCUT2D eigenvalue weighted by Gasteiger charge is 2.44. The van der Waals surface area contributed by atoms with Crippen molar-refractivity contribution in [1.29, 1.82) is 0 Å². The second kappa shape index (κ2) is 7.78. The van der Waals surface area contributed by atoms with E-state index in [1.54, 1.807) is 23.7 Å². The van der Waals surface area contributed by atoms with Crippen LogP contribution in [0.25, 0.3) is 0 Å². The van der Waals surface area contributed by atoms with Gasteiger partial charge in [0.15, 0.2) is 0 Å². The van der Waals surface area contributed by atoms with Crippen LogP contribution in [-0.4, -0.2) is 45.5 Å². The molecule has 1 aliphatic carbocycles. The summed E-state index contributed by atoms with van der Waals surface area (Å²) in [5, 5.41) is 24.6. The van der Waals surface area contributed by atoms with Crippen LogP contribution in [0, 0.1) is 19.3 Å². The first-order valence-corrected chi connectivity index (χ1v) is 9.32. The average Bonchev–Trinajstić information content (AvgIpc) is 3.05. The molecule has 25 heavy (non-hydrogen) atoms. The molecule has 2 aromatic rings. The lowest BCUT2D eigenvalue weighted by molar-refractivity contribution is 0.0438. The van der Waals surface area contributed by atoms with Gasteiger partial charge in [-0.15, -0.1) is 11.3 Å². The molecule has 1 fully saturated rings. The fourth-order valence-corrected chi connectivity index (χ4v) is 4.31. The second-order valence-electron chi connectivity index (χ2n) is 6.87. The van der Waals surface area contributed by atoms with Gasteiger partial charge in [0.1, 0.15) is 5.75 Å². The highest BCUT2D eigenvalue weighted by Crippen LogP contribution is 2.38. The van der Waals surface area contributed by atoms with Crippen LogP contribution in [0.2, 0.25) is 0 Å². The van der Waals surface area contributed by atoms with E-state index in [-0.39, 0.29) is 5.41 Å². The number of hydrogen-bond acceptors (Lipinski definition) is 7. The van der Waals surface area contributed by atoms with E-state index in [1.807, 2.05) is 26.0 Å². The van der Waals surface area contributed by atoms with Gasteiger partial charge in [-0.3, -0.25) is 4.98 Å². The summed E-state index contributed by atoms with van der Waals surface area (Å²) in [4.78, 5) is 9.72. The summed E-state index contributed by atoms with van der Waals surface area (Å²) in [5.74, 6) is 0.701. The minimum Gasteiger partial charge on any atom is -0.491 e. The van der Waals surface area contributed by atoms with Gasteiger partial charge in [0.2, 0.25) is 0 Å². The molecule has 3 rings (SSSR count). The van der Waals surface area contributed by atoms with Crippen molar-refractivity contribution in [3.63, 3.8) is 0 Å². The summed E-state index contributed by atoms with van der Waals surface area (Å²) in [6.07, 6.45) is 3.00. The van der Waals surface area contributed by atoms with Gasteiger partial charge >= 0.3 is 0 Å². The lowest BCUT2D eigenvalue weighted by atomic mass is 9.86. The third-order valence-corrected chi connectivity index (χ3v) is 5.77. The molecule has 3 N–H and O–H groups in total. The minimum absolute atomic E-state index is 0.303. The lowest BCUT2D eigenvalue weighted by Crippen LogP contribution is -2.37. The molecule has 0 spiro atoms. The predicted octanol–water partition coefficient (Wildman–Crippen LogP) is 1.83. The molecule has 0 aliphatic heterocycles. The number of ether oxygens (including phenoxy) is 1. The van der Waals surface area contributed by atoms with Crippen LogP contribution in [0.4, 0.5) is 0 Å². The molecule has 6 nitrogen and oxygen atoms in total. The van der Waals surface area contributed by atoms with Crippen molar-refractivity contribution in [3.8, 4) is 5.75 Å². The van der Waals surface area contributed by atoms with Crippen LogP contribution in [0.1, 0.15) is 28.4 Å². The van der Waals surface area contributed by atoms with Crippen molar-refractivity contribution in [1.82, 2.24) is 15.3 Å². The van der Waals surface area contributed by atoms with Crippen LogP contribution in [-0.2, 0) is 6.54 Å². The molecule has 7 heteroatoms. The van der Waals surface area contributed by atoms with E-state index in [0.717, 1.165) is 17.2 Å². The first kappa shape index (κ1) is 18.3. The number of aryl methyl sites for hydroxylation is 2. The standard InChI is InChI=1S/C18H25N3O3S/c1-12-17(25-13(2)21-12)9-20-10-18(6-15(22)16(23)7-18)11-24-14-4-3-5-19-8-14/h3-5,8,15-16,20,22-23H,6-7,9-11H2,1-2H3/t15-,16+,18?. The smallest absolute Gasteiger partial charge is 0.137 e. The molecule has 3 atom stereocenters. The maximum atomic E-state index is 10.0. The lowest BCUT2D eigenvalue weighted by Gasteiger charge is -2.29. The summed E-state index contributed by atoms with van der Waals surface area (Å²) < 4.78 is 5.89. The monoisotopic (exact) mass is 363 g/mol. The van der Waals surface area contributed by atoms with Gasteiger partial charge in [-0.05, 0) is 38.8 Å². The summed E-state index contributed by atoms with van der Waals surface area (Å²) in [7, 11) is 0. The molecule has 0 bridgehead atoms. The minimum atomic E-state index is -0.702. The normalized spacial score (nSPS) is 26.1. The van der Waals surface area contributed by atoms with Crippen molar-refractivity contribution in [2.45, 2.75) is 45.4 Å². The number of aliphatic hydroxyl groups is 2. The van der Waals surface area contributed by atoms with Gasteiger partial charge in [0.25, 0.3) is 0 Å². The third-order valence-electron chi connectivity index (χ3n) is 4.69. The van der Waals surface area contributed by atoms with Crippen LogP contribution >= 0.6 is 11.3 Å². The molecule has 1 saturated carbocycles. The fourth-order valence-electron chi connectivity index (χ4n) is 3.40. The van der Waals surface area contributed by atoms with Crippen molar-refractivity contribution >= 4 is 11.3 Å². The second-order valence-corrected chi connectivity index (χ2v) is 8.15. The molecule has 2 aromatic heterocycles. The van der Waals surface area contributed by atoms with Crippen molar-refractivity contribution in [3.05, 3.63) is 40.1 Å². The number of nitrogens with zero attached hydrogens (tertiary/aromatic N) is 2. The Bertz CT molecular complexity index is 682. The summed E-state index contributed by atoms with van der Waals surface area (Å²) in [6, 6.07) is 3.69. The third kappa shape index (κ3) is 4.55. The molecule has 0 aromatic carbocycles. The Morgan fingerprint density at radius 2 is 2.08 bits per heavy atom. The van der Waals surface area contributed by atoms with E-state index < -0.39 is 12.2 Å². The van der Waals surface area contributed by atoms with Gasteiger partial charge in [-0.25, -0.2) is 4.98 Å². The Kier molecular flexibility index (Phi) is 5.68. The number of rotatable bonds is 7. The number of nitrogens with one attached hydrogen (secondary N) is 1. The van der Waals surface area contributed by atoms with Gasteiger partial charge in [0, 0.05) is 29.6 Å². The highest BCUT2D eigenvalue weighted by atomic mass is 32.1. The maximum Gasteiger partial charge on any atom is 0.137 e. The molecular weight excluding hydrogens is 338 g/mol. The predicted molar refractivity (Wildman–Crippen MR) is 96.7 cm³/mol. The van der Waals surface area contributed by atoms with Gasteiger partial charge in [0.05, 0.1) is 35.7 Å². The molecule has 0 radical (unpaired) electrons. The summed E-state index contributed by atoms with van der Waals surface area (Å²) in [6.45, 7) is 5.86. The number of aromatic nitrogens is 2. The van der Waals surface area contributed by atoms with Crippen molar-refractivity contribution < 1.29 is 14.9 Å². The first-order chi connectivity index (χ1) is 12.0. The van der Waals surface area contributed by atoms with E-state index in [0.29, 0.717) is 31.7 Å². The molecule has 1 unspecified atom stereocenters. The van der Waals surface area contributed by atoms with Crippen molar-refractivity contribution in [2.24, 2.45) is 5.41 Å². The number of thiazole rings is 1. The SMILES string of the molecule is Cc1nc(C)c(CNCC2(COc3cccnc3)C[C@@H](O)[C@@H](O)C2)s1. The van der Waals surface area contributed by atoms with Crippen LogP contribution in [0.15, 0.2) is 24.5 Å². The molecule has 2 heterocycles. The van der Waals surface area contributed by atoms with Crippen LogP contribution in [0.5, 0.6) is 5.75 Å². The van der Waals surface area contributed by atoms with E-state index in [2.05, 4.69) is 15.3 Å². The number of aliphatic hydroxyl groups excluding tert-OH is 2. The Morgan fingerprint density at radius 3 is 2.68 bits per heavy atom. The first-order valence-electron chi connectivity index (χ1n) is 8.50. The number of hydrogen-bond donors (Lipinski definition) is 3. The van der Waals surface area contributed by atoms with Gasteiger partial charge in [-0.2, -0.15) is 0 Å². The quantitative estimate of drug-likeness (QED) is 0.696. The molecular formula is C18H25N3O3S. The highest BCUT2D eigenvalue weighted by molar-refractivity contribution is 7.11. The van der Waals surface area contributed by atoms with Gasteiger partial charge in [-0.1, -0.05) is 0 Å². The molecule has 1 aliphatic rings. The zero-order valence-electron chi connectivity index (χ0n) is 14.6. The van der Waals surface area contributed by atoms with E-state index in [9.17, 15) is 10.2 Å². The zero-order valence-corrected chi connectivity index (χ0v) is 15.4. The Morgan fingerprint density at radius 1 is 1.32 bits per heavy atom. The Hall–Kier alpha value is -1.54. The maximum absolute atomic E-state index is 10.0. The van der Waals surface area contributed by atoms with Crippen molar-refractivity contribution in [2.75, 3.05) is 13.2 Å². The molecule has 0 amide bonds. The average molecular weight is 363 g/mol. The zero-order chi connectivity index (χ0) is 17.9. The summed E-state index contributed by atoms with van der Waals surface area (Å²) in [5.41, 5.74) is 0.754. The topological polar surface area (TPSA) is 87.5 Å². The Labute approximate surface area is 151 Å². The van der Waals surface area contributed by atoms with E-state index >= 15 is 0 Å². The fraction of sp³-hybridized carbons (Fsp3) is 0.556. The largest absolute Gasteiger partial charge is 0.491 e. The van der Waals surface area contributed by atoms with Gasteiger partial charge < -0.3 is 20.3 Å².